The Labute approximate surface area is 116 Å². The maximum absolute atomic E-state index is 12.5. The molecule has 1 saturated heterocycles. The Morgan fingerprint density at radius 2 is 2.25 bits per heavy atom. The number of rotatable bonds is 1. The highest BCUT2D eigenvalue weighted by atomic mass is 16.5. The monoisotopic (exact) mass is 275 g/mol. The van der Waals surface area contributed by atoms with Gasteiger partial charge in [0.1, 0.15) is 0 Å². The number of carbonyl (C=O) groups is 1. The lowest BCUT2D eigenvalue weighted by Crippen LogP contribution is -2.50. The van der Waals surface area contributed by atoms with Gasteiger partial charge in [0.05, 0.1) is 18.8 Å². The third-order valence-corrected chi connectivity index (χ3v) is 3.49. The molecule has 7 nitrogen and oxygen atoms in total. The summed E-state index contributed by atoms with van der Waals surface area (Å²) < 4.78 is 7.12. The number of amides is 1. The number of hydrogen-bond acceptors (Lipinski definition) is 5. The van der Waals surface area contributed by atoms with E-state index < -0.39 is 0 Å². The van der Waals surface area contributed by atoms with Crippen LogP contribution in [0.5, 0.6) is 0 Å². The van der Waals surface area contributed by atoms with E-state index in [1.165, 1.54) is 0 Å². The minimum Gasteiger partial charge on any atom is -0.375 e. The molecule has 2 atom stereocenters. The molecule has 2 unspecified atom stereocenters. The van der Waals surface area contributed by atoms with Crippen LogP contribution in [0.2, 0.25) is 0 Å². The third-order valence-electron chi connectivity index (χ3n) is 3.49. The van der Waals surface area contributed by atoms with Crippen LogP contribution in [0.25, 0.3) is 5.78 Å². The van der Waals surface area contributed by atoms with E-state index >= 15 is 0 Å². The quantitative estimate of drug-likeness (QED) is 0.765. The fraction of sp³-hybridized carbons (Fsp3) is 0.538. The molecule has 7 heteroatoms. The SMILES string of the molecule is Cc1ccnc2nc(C(=O)N3CC(C)OCC3C)nn12. The molecule has 1 amide bonds. The molecule has 0 aromatic carbocycles. The lowest BCUT2D eigenvalue weighted by Gasteiger charge is -2.36. The zero-order valence-corrected chi connectivity index (χ0v) is 11.8. The van der Waals surface area contributed by atoms with Gasteiger partial charge >= 0.3 is 0 Å². The second kappa shape index (κ2) is 4.82. The van der Waals surface area contributed by atoms with E-state index in [0.717, 1.165) is 5.69 Å². The molecule has 2 aromatic rings. The predicted molar refractivity (Wildman–Crippen MR) is 71.4 cm³/mol. The number of ether oxygens (including phenoxy) is 1. The maximum Gasteiger partial charge on any atom is 0.294 e. The first-order valence-corrected chi connectivity index (χ1v) is 6.67. The number of fused-ring (bicyclic) bond motifs is 1. The van der Waals surface area contributed by atoms with E-state index in [-0.39, 0.29) is 23.9 Å². The number of morpholine rings is 1. The van der Waals surface area contributed by atoms with Gasteiger partial charge in [-0.2, -0.15) is 4.98 Å². The largest absolute Gasteiger partial charge is 0.375 e. The highest BCUT2D eigenvalue weighted by Gasteiger charge is 2.30. The van der Waals surface area contributed by atoms with Crippen LogP contribution >= 0.6 is 0 Å². The summed E-state index contributed by atoms with van der Waals surface area (Å²) in [6.45, 7) is 6.91. The van der Waals surface area contributed by atoms with Gasteiger partial charge in [0, 0.05) is 18.4 Å². The van der Waals surface area contributed by atoms with Crippen molar-refractivity contribution in [2.45, 2.75) is 32.9 Å². The first-order chi connectivity index (χ1) is 9.56. The molecule has 0 spiro atoms. The van der Waals surface area contributed by atoms with Crippen LogP contribution in [-0.4, -0.2) is 55.7 Å². The van der Waals surface area contributed by atoms with Gasteiger partial charge < -0.3 is 9.64 Å². The number of aromatic nitrogens is 4. The summed E-state index contributed by atoms with van der Waals surface area (Å²) in [4.78, 5) is 22.6. The molecule has 0 aliphatic carbocycles. The number of carbonyl (C=O) groups excluding carboxylic acids is 1. The minimum absolute atomic E-state index is 0.0272. The molecule has 0 N–H and O–H groups in total. The Balaban J connectivity index is 1.94. The van der Waals surface area contributed by atoms with Crippen molar-refractivity contribution in [3.05, 3.63) is 23.8 Å². The van der Waals surface area contributed by atoms with E-state index in [9.17, 15) is 4.79 Å². The van der Waals surface area contributed by atoms with Crippen LogP contribution in [0.1, 0.15) is 30.2 Å². The van der Waals surface area contributed by atoms with Gasteiger partial charge in [-0.3, -0.25) is 4.79 Å². The van der Waals surface area contributed by atoms with E-state index in [1.54, 1.807) is 15.6 Å². The molecular formula is C13H17N5O2. The smallest absolute Gasteiger partial charge is 0.294 e. The van der Waals surface area contributed by atoms with Gasteiger partial charge in [-0.25, -0.2) is 9.50 Å². The second-order valence-electron chi connectivity index (χ2n) is 5.18. The second-order valence-corrected chi connectivity index (χ2v) is 5.18. The summed E-state index contributed by atoms with van der Waals surface area (Å²) in [6.07, 6.45) is 1.69. The summed E-state index contributed by atoms with van der Waals surface area (Å²) in [5.74, 6) is 0.465. The standard InChI is InChI=1S/C13H17N5O2/c1-8-4-5-14-13-15-11(16-18(8)13)12(19)17-6-10(3)20-7-9(17)2/h4-5,9-10H,6-7H2,1-3H3. The number of aryl methyl sites for hydroxylation is 1. The zero-order chi connectivity index (χ0) is 14.3. The van der Waals surface area contributed by atoms with Crippen LogP contribution < -0.4 is 0 Å². The Morgan fingerprint density at radius 3 is 3.00 bits per heavy atom. The predicted octanol–water partition coefficient (Wildman–Crippen LogP) is 0.682. The van der Waals surface area contributed by atoms with Gasteiger partial charge in [0.15, 0.2) is 0 Å². The molecule has 0 bridgehead atoms. The molecule has 106 valence electrons. The number of nitrogens with zero attached hydrogens (tertiary/aromatic N) is 5. The molecular weight excluding hydrogens is 258 g/mol. The van der Waals surface area contributed by atoms with Gasteiger partial charge in [-0.1, -0.05) is 0 Å². The topological polar surface area (TPSA) is 72.6 Å². The van der Waals surface area contributed by atoms with Gasteiger partial charge in [0.2, 0.25) is 5.82 Å². The highest BCUT2D eigenvalue weighted by Crippen LogP contribution is 2.14. The minimum atomic E-state index is -0.169. The fourth-order valence-electron chi connectivity index (χ4n) is 2.31. The maximum atomic E-state index is 12.5. The summed E-state index contributed by atoms with van der Waals surface area (Å²) in [7, 11) is 0. The first-order valence-electron chi connectivity index (χ1n) is 6.67. The molecule has 1 aliphatic rings. The third kappa shape index (κ3) is 2.14. The lowest BCUT2D eigenvalue weighted by atomic mass is 10.2. The Bertz CT molecular complexity index is 653. The first kappa shape index (κ1) is 13.0. The normalized spacial score (nSPS) is 23.2. The van der Waals surface area contributed by atoms with Crippen molar-refractivity contribution < 1.29 is 9.53 Å². The molecule has 0 saturated carbocycles. The van der Waals surface area contributed by atoms with Crippen molar-refractivity contribution >= 4 is 11.7 Å². The zero-order valence-electron chi connectivity index (χ0n) is 11.8. The van der Waals surface area contributed by atoms with Crippen LogP contribution in [0.4, 0.5) is 0 Å². The average molecular weight is 275 g/mol. The molecule has 3 rings (SSSR count). The van der Waals surface area contributed by atoms with Gasteiger partial charge in [-0.05, 0) is 26.8 Å². The number of hydrogen-bond donors (Lipinski definition) is 0. The van der Waals surface area contributed by atoms with Crippen LogP contribution in [0, 0.1) is 6.92 Å². The summed E-state index contributed by atoms with van der Waals surface area (Å²) in [5, 5.41) is 4.26. The summed E-state index contributed by atoms with van der Waals surface area (Å²) >= 11 is 0. The van der Waals surface area contributed by atoms with E-state index in [2.05, 4.69) is 15.1 Å². The Hall–Kier alpha value is -2.02. The lowest BCUT2D eigenvalue weighted by molar-refractivity contribution is -0.0391. The Kier molecular flexibility index (Phi) is 3.13. The van der Waals surface area contributed by atoms with Crippen molar-refractivity contribution in [1.29, 1.82) is 0 Å². The van der Waals surface area contributed by atoms with Crippen molar-refractivity contribution in [3.8, 4) is 0 Å². The highest BCUT2D eigenvalue weighted by molar-refractivity contribution is 5.91. The van der Waals surface area contributed by atoms with Gasteiger partial charge in [-0.15, -0.1) is 5.10 Å². The van der Waals surface area contributed by atoms with Crippen molar-refractivity contribution in [2.75, 3.05) is 13.2 Å². The van der Waals surface area contributed by atoms with Crippen LogP contribution in [-0.2, 0) is 4.74 Å². The molecule has 1 fully saturated rings. The summed E-state index contributed by atoms with van der Waals surface area (Å²) in [5.41, 5.74) is 0.893. The summed E-state index contributed by atoms with van der Waals surface area (Å²) in [6, 6.07) is 1.86. The Morgan fingerprint density at radius 1 is 1.45 bits per heavy atom. The van der Waals surface area contributed by atoms with Crippen molar-refractivity contribution in [3.63, 3.8) is 0 Å². The van der Waals surface area contributed by atoms with E-state index in [1.807, 2.05) is 26.8 Å². The van der Waals surface area contributed by atoms with Crippen molar-refractivity contribution in [2.24, 2.45) is 0 Å². The molecule has 0 radical (unpaired) electrons. The van der Waals surface area contributed by atoms with Crippen LogP contribution in [0.15, 0.2) is 12.3 Å². The van der Waals surface area contributed by atoms with E-state index in [4.69, 9.17) is 4.74 Å². The fourth-order valence-corrected chi connectivity index (χ4v) is 2.31. The van der Waals surface area contributed by atoms with Crippen LogP contribution in [0.3, 0.4) is 0 Å². The molecule has 2 aromatic heterocycles. The average Bonchev–Trinajstić information content (AvgIpc) is 2.86. The van der Waals surface area contributed by atoms with Gasteiger partial charge in [0.25, 0.3) is 11.7 Å². The molecule has 3 heterocycles. The van der Waals surface area contributed by atoms with E-state index in [0.29, 0.717) is 18.9 Å². The molecule has 1 aliphatic heterocycles. The van der Waals surface area contributed by atoms with Crippen molar-refractivity contribution in [1.82, 2.24) is 24.5 Å². The molecule has 20 heavy (non-hydrogen) atoms.